The first-order valence-corrected chi connectivity index (χ1v) is 8.72. The summed E-state index contributed by atoms with van der Waals surface area (Å²) in [6, 6.07) is -0.0707. The molecule has 3 aliphatic rings. The van der Waals surface area contributed by atoms with Gasteiger partial charge in [0, 0.05) is 6.04 Å². The lowest BCUT2D eigenvalue weighted by atomic mass is 9.78. The minimum Gasteiger partial charge on any atom is -0.340 e. The second kappa shape index (κ2) is 5.62. The van der Waals surface area contributed by atoms with Crippen molar-refractivity contribution in [2.75, 3.05) is 0 Å². The Morgan fingerprint density at radius 1 is 1.24 bits per heavy atom. The Morgan fingerprint density at radius 3 is 2.48 bits per heavy atom. The largest absolute Gasteiger partial charge is 0.340 e. The number of carbonyl (C=O) groups excluding carboxylic acids is 2. The zero-order chi connectivity index (χ0) is 15.0. The van der Waals surface area contributed by atoms with Gasteiger partial charge in [0.25, 0.3) is 0 Å². The van der Waals surface area contributed by atoms with E-state index in [0.29, 0.717) is 0 Å². The summed E-state index contributed by atoms with van der Waals surface area (Å²) < 4.78 is 0. The third-order valence-electron chi connectivity index (χ3n) is 5.68. The molecule has 0 aromatic rings. The summed E-state index contributed by atoms with van der Waals surface area (Å²) >= 11 is 0. The van der Waals surface area contributed by atoms with Crippen molar-refractivity contribution < 1.29 is 9.59 Å². The number of hydrogen-bond acceptors (Lipinski definition) is 2. The first-order valence-electron chi connectivity index (χ1n) is 8.72. The molecule has 4 heteroatoms. The van der Waals surface area contributed by atoms with E-state index in [9.17, 15) is 9.59 Å². The average Bonchev–Trinajstić information content (AvgIpc) is 3.29. The van der Waals surface area contributed by atoms with E-state index in [-0.39, 0.29) is 23.9 Å². The minimum absolute atomic E-state index is 0.0470. The van der Waals surface area contributed by atoms with E-state index in [1.165, 1.54) is 19.3 Å². The third-order valence-corrected chi connectivity index (χ3v) is 5.68. The van der Waals surface area contributed by atoms with E-state index in [4.69, 9.17) is 0 Å². The topological polar surface area (TPSA) is 49.4 Å². The maximum atomic E-state index is 13.2. The first-order chi connectivity index (χ1) is 10.1. The van der Waals surface area contributed by atoms with Gasteiger partial charge in [-0.2, -0.15) is 0 Å². The van der Waals surface area contributed by atoms with E-state index in [0.717, 1.165) is 44.4 Å². The molecular weight excluding hydrogens is 264 g/mol. The predicted molar refractivity (Wildman–Crippen MR) is 81.7 cm³/mol. The van der Waals surface area contributed by atoms with Crippen LogP contribution in [-0.4, -0.2) is 34.3 Å². The highest BCUT2D eigenvalue weighted by molar-refractivity contribution is 5.99. The van der Waals surface area contributed by atoms with Crippen molar-refractivity contribution in [3.05, 3.63) is 0 Å². The number of hydrogen-bond donors (Lipinski definition) is 1. The highest BCUT2D eigenvalue weighted by Crippen LogP contribution is 2.39. The summed E-state index contributed by atoms with van der Waals surface area (Å²) in [6.45, 7) is 4.03. The normalized spacial score (nSPS) is 30.4. The molecule has 2 atom stereocenters. The molecule has 1 spiro atoms. The van der Waals surface area contributed by atoms with Crippen molar-refractivity contribution in [2.24, 2.45) is 5.92 Å². The second-order valence-electron chi connectivity index (χ2n) is 7.26. The molecule has 0 aromatic heterocycles. The van der Waals surface area contributed by atoms with Crippen LogP contribution in [0.1, 0.15) is 71.6 Å². The van der Waals surface area contributed by atoms with E-state index >= 15 is 0 Å². The van der Waals surface area contributed by atoms with Gasteiger partial charge in [-0.25, -0.2) is 0 Å². The van der Waals surface area contributed by atoms with Crippen LogP contribution in [0.2, 0.25) is 0 Å². The Bertz CT molecular complexity index is 425. The summed E-state index contributed by atoms with van der Waals surface area (Å²) in [4.78, 5) is 27.6. The van der Waals surface area contributed by atoms with E-state index in [2.05, 4.69) is 12.2 Å². The maximum Gasteiger partial charge on any atom is 0.249 e. The molecule has 118 valence electrons. The Morgan fingerprint density at radius 2 is 1.90 bits per heavy atom. The van der Waals surface area contributed by atoms with Crippen molar-refractivity contribution in [2.45, 2.75) is 89.3 Å². The lowest BCUT2D eigenvalue weighted by molar-refractivity contribution is -0.159. The summed E-state index contributed by atoms with van der Waals surface area (Å²) in [6.07, 6.45) is 9.54. The molecule has 2 unspecified atom stereocenters. The van der Waals surface area contributed by atoms with Crippen molar-refractivity contribution in [1.29, 1.82) is 0 Å². The third kappa shape index (κ3) is 2.69. The zero-order valence-corrected chi connectivity index (χ0v) is 13.4. The molecule has 4 nitrogen and oxygen atoms in total. The van der Waals surface area contributed by atoms with Gasteiger partial charge in [-0.15, -0.1) is 0 Å². The SMILES string of the molecule is CCC(CC1CC1)N1C(=O)C2(CCCCC2)NC(=O)C1C. The number of nitrogens with zero attached hydrogens (tertiary/aromatic N) is 1. The molecule has 3 fully saturated rings. The van der Waals surface area contributed by atoms with Crippen LogP contribution in [0.25, 0.3) is 0 Å². The van der Waals surface area contributed by atoms with E-state index < -0.39 is 5.54 Å². The summed E-state index contributed by atoms with van der Waals surface area (Å²) in [5, 5.41) is 3.08. The number of amides is 2. The smallest absolute Gasteiger partial charge is 0.249 e. The van der Waals surface area contributed by atoms with Crippen LogP contribution in [0, 0.1) is 5.92 Å². The van der Waals surface area contributed by atoms with Gasteiger partial charge in [0.1, 0.15) is 11.6 Å². The molecule has 2 aliphatic carbocycles. The fourth-order valence-electron chi connectivity index (χ4n) is 4.13. The number of rotatable bonds is 4. The van der Waals surface area contributed by atoms with Crippen molar-refractivity contribution in [3.8, 4) is 0 Å². The van der Waals surface area contributed by atoms with Crippen LogP contribution in [0.4, 0.5) is 0 Å². The molecule has 1 N–H and O–H groups in total. The van der Waals surface area contributed by atoms with Crippen molar-refractivity contribution in [1.82, 2.24) is 10.2 Å². The number of piperazine rings is 1. The molecule has 2 amide bonds. The van der Waals surface area contributed by atoms with Gasteiger partial charge in [-0.1, -0.05) is 39.0 Å². The summed E-state index contributed by atoms with van der Waals surface area (Å²) in [5.74, 6) is 1.02. The van der Waals surface area contributed by atoms with Crippen LogP contribution in [-0.2, 0) is 9.59 Å². The number of nitrogens with one attached hydrogen (secondary N) is 1. The first kappa shape index (κ1) is 14.9. The maximum absolute atomic E-state index is 13.2. The van der Waals surface area contributed by atoms with Gasteiger partial charge in [-0.05, 0) is 38.5 Å². The van der Waals surface area contributed by atoms with Crippen LogP contribution in [0.3, 0.4) is 0 Å². The zero-order valence-electron chi connectivity index (χ0n) is 13.4. The Labute approximate surface area is 127 Å². The van der Waals surface area contributed by atoms with Gasteiger partial charge >= 0.3 is 0 Å². The summed E-state index contributed by atoms with van der Waals surface area (Å²) in [7, 11) is 0. The van der Waals surface area contributed by atoms with Gasteiger partial charge in [-0.3, -0.25) is 9.59 Å². The summed E-state index contributed by atoms with van der Waals surface area (Å²) in [5.41, 5.74) is -0.585. The van der Waals surface area contributed by atoms with Gasteiger partial charge in [0.2, 0.25) is 11.8 Å². The molecule has 2 saturated carbocycles. The number of carbonyl (C=O) groups is 2. The van der Waals surface area contributed by atoms with Gasteiger partial charge in [0.15, 0.2) is 0 Å². The van der Waals surface area contributed by atoms with Crippen LogP contribution < -0.4 is 5.32 Å². The highest BCUT2D eigenvalue weighted by Gasteiger charge is 2.51. The highest BCUT2D eigenvalue weighted by atomic mass is 16.2. The molecule has 0 aromatic carbocycles. The average molecular weight is 292 g/mol. The lowest BCUT2D eigenvalue weighted by Gasteiger charge is -2.49. The Hall–Kier alpha value is -1.06. The quantitative estimate of drug-likeness (QED) is 0.866. The van der Waals surface area contributed by atoms with Gasteiger partial charge in [0.05, 0.1) is 0 Å². The predicted octanol–water partition coefficient (Wildman–Crippen LogP) is 2.61. The minimum atomic E-state index is -0.585. The fourth-order valence-corrected chi connectivity index (χ4v) is 4.13. The van der Waals surface area contributed by atoms with Crippen LogP contribution in [0.5, 0.6) is 0 Å². The molecule has 1 heterocycles. The molecule has 1 aliphatic heterocycles. The van der Waals surface area contributed by atoms with E-state index in [1.54, 1.807) is 0 Å². The van der Waals surface area contributed by atoms with E-state index in [1.807, 2.05) is 11.8 Å². The molecule has 0 bridgehead atoms. The molecule has 0 radical (unpaired) electrons. The van der Waals surface area contributed by atoms with Crippen LogP contribution in [0.15, 0.2) is 0 Å². The fraction of sp³-hybridized carbons (Fsp3) is 0.882. The molecule has 3 rings (SSSR count). The monoisotopic (exact) mass is 292 g/mol. The van der Waals surface area contributed by atoms with Crippen LogP contribution >= 0.6 is 0 Å². The lowest BCUT2D eigenvalue weighted by Crippen LogP contribution is -2.71. The Kier molecular flexibility index (Phi) is 3.98. The Balaban J connectivity index is 1.84. The van der Waals surface area contributed by atoms with Crippen molar-refractivity contribution in [3.63, 3.8) is 0 Å². The second-order valence-corrected chi connectivity index (χ2v) is 7.26. The molecule has 21 heavy (non-hydrogen) atoms. The standard InChI is InChI=1S/C17H28N2O2/c1-3-14(11-13-7-8-13)19-12(2)15(20)18-17(16(19)21)9-5-4-6-10-17/h12-14H,3-11H2,1-2H3,(H,18,20). The molecular formula is C17H28N2O2. The molecule has 1 saturated heterocycles. The van der Waals surface area contributed by atoms with Gasteiger partial charge < -0.3 is 10.2 Å². The van der Waals surface area contributed by atoms with Crippen molar-refractivity contribution >= 4 is 11.8 Å².